The van der Waals surface area contributed by atoms with Crippen molar-refractivity contribution in [1.29, 1.82) is 0 Å². The molecule has 1 aromatic heterocycles. The maximum absolute atomic E-state index is 12.9. The van der Waals surface area contributed by atoms with Crippen molar-refractivity contribution >= 4 is 48.5 Å². The minimum absolute atomic E-state index is 0.147. The Bertz CT molecular complexity index is 1300. The van der Waals surface area contributed by atoms with E-state index in [1.165, 1.54) is 0 Å². The molecule has 33 heavy (non-hydrogen) atoms. The fraction of sp³-hybridized carbons (Fsp3) is 0.364. The number of hydrogen-bond acceptors (Lipinski definition) is 6. The number of aliphatic hydroxyl groups excluding tert-OH is 2. The van der Waals surface area contributed by atoms with Gasteiger partial charge < -0.3 is 15.5 Å². The molecule has 1 aliphatic carbocycles. The third-order valence-corrected chi connectivity index (χ3v) is 7.28. The fourth-order valence-electron chi connectivity index (χ4n) is 3.84. The van der Waals surface area contributed by atoms with Crippen LogP contribution in [0.4, 0.5) is 5.69 Å². The Morgan fingerprint density at radius 1 is 1.30 bits per heavy atom. The molecule has 0 saturated heterocycles. The molecule has 1 aliphatic rings. The van der Waals surface area contributed by atoms with E-state index in [1.54, 1.807) is 17.8 Å². The number of amides is 1. The summed E-state index contributed by atoms with van der Waals surface area (Å²) in [5.41, 5.74) is 2.66. The molecule has 176 valence electrons. The number of aliphatic hydroxyl groups is 2. The van der Waals surface area contributed by atoms with E-state index >= 15 is 0 Å². The van der Waals surface area contributed by atoms with Crippen LogP contribution in [0.2, 0.25) is 0 Å². The molecule has 1 unspecified atom stereocenters. The predicted octanol–water partition coefficient (Wildman–Crippen LogP) is 2.14. The van der Waals surface area contributed by atoms with Gasteiger partial charge in [-0.25, -0.2) is 13.1 Å². The van der Waals surface area contributed by atoms with E-state index in [4.69, 9.17) is 0 Å². The van der Waals surface area contributed by atoms with Crippen LogP contribution in [0, 0.1) is 0 Å². The third kappa shape index (κ3) is 4.77. The van der Waals surface area contributed by atoms with Gasteiger partial charge in [-0.1, -0.05) is 15.9 Å². The van der Waals surface area contributed by atoms with Crippen molar-refractivity contribution in [2.24, 2.45) is 0 Å². The molecule has 1 heterocycles. The molecule has 0 bridgehead atoms. The minimum Gasteiger partial charge on any atom is -0.394 e. The van der Waals surface area contributed by atoms with Crippen molar-refractivity contribution in [3.8, 4) is 5.69 Å². The number of fused-ring (bicyclic) bond motifs is 1. The van der Waals surface area contributed by atoms with Gasteiger partial charge in [0, 0.05) is 16.9 Å². The van der Waals surface area contributed by atoms with Crippen LogP contribution >= 0.6 is 15.9 Å². The molecule has 1 atom stereocenters. The largest absolute Gasteiger partial charge is 0.394 e. The molecule has 1 amide bonds. The number of benzene rings is 2. The van der Waals surface area contributed by atoms with E-state index < -0.39 is 22.7 Å². The summed E-state index contributed by atoms with van der Waals surface area (Å²) in [6.45, 7) is -0.845. The van der Waals surface area contributed by atoms with Crippen LogP contribution in [-0.4, -0.2) is 66.9 Å². The molecule has 1 saturated carbocycles. The predicted molar refractivity (Wildman–Crippen MR) is 129 cm³/mol. The van der Waals surface area contributed by atoms with E-state index in [2.05, 4.69) is 26.3 Å². The summed E-state index contributed by atoms with van der Waals surface area (Å²) < 4.78 is 28.8. The SMILES string of the molecule is CNC(=O)c1c2cc(C3CC3)c(N(CC(O)CO)S(C)(=O)=O)cc2nn1-c1ccc(Br)cc1. The Morgan fingerprint density at radius 3 is 2.52 bits per heavy atom. The average molecular weight is 537 g/mol. The fourth-order valence-corrected chi connectivity index (χ4v) is 5.07. The summed E-state index contributed by atoms with van der Waals surface area (Å²) in [5.74, 6) is -0.168. The first-order valence-electron chi connectivity index (χ1n) is 10.5. The van der Waals surface area contributed by atoms with E-state index in [0.717, 1.165) is 33.4 Å². The number of rotatable bonds is 8. The lowest BCUT2D eigenvalue weighted by atomic mass is 10.0. The van der Waals surface area contributed by atoms with Gasteiger partial charge in [-0.15, -0.1) is 0 Å². The highest BCUT2D eigenvalue weighted by Gasteiger charge is 2.33. The summed E-state index contributed by atoms with van der Waals surface area (Å²) in [4.78, 5) is 12.9. The first-order valence-corrected chi connectivity index (χ1v) is 13.1. The first kappa shape index (κ1) is 23.7. The number of carbonyl (C=O) groups is 1. The smallest absolute Gasteiger partial charge is 0.270 e. The Kier molecular flexibility index (Phi) is 6.50. The van der Waals surface area contributed by atoms with Crippen LogP contribution in [0.25, 0.3) is 16.6 Å². The van der Waals surface area contributed by atoms with Gasteiger partial charge in [0.2, 0.25) is 10.0 Å². The summed E-state index contributed by atoms with van der Waals surface area (Å²) in [6, 6.07) is 10.8. The number of halogens is 1. The van der Waals surface area contributed by atoms with Gasteiger partial charge in [0.1, 0.15) is 5.69 Å². The maximum Gasteiger partial charge on any atom is 0.270 e. The van der Waals surface area contributed by atoms with Crippen LogP contribution in [0.15, 0.2) is 40.9 Å². The first-order chi connectivity index (χ1) is 15.6. The molecule has 4 rings (SSSR count). The Balaban J connectivity index is 1.97. The van der Waals surface area contributed by atoms with E-state index in [9.17, 15) is 23.4 Å². The van der Waals surface area contributed by atoms with Crippen molar-refractivity contribution < 1.29 is 23.4 Å². The summed E-state index contributed by atoms with van der Waals surface area (Å²) in [5, 5.41) is 27.2. The number of aromatic nitrogens is 2. The summed E-state index contributed by atoms with van der Waals surface area (Å²) in [7, 11) is -2.21. The molecule has 3 N–H and O–H groups in total. The highest BCUT2D eigenvalue weighted by molar-refractivity contribution is 9.10. The van der Waals surface area contributed by atoms with Crippen LogP contribution in [0.5, 0.6) is 0 Å². The lowest BCUT2D eigenvalue weighted by Gasteiger charge is -2.26. The van der Waals surface area contributed by atoms with Crippen molar-refractivity contribution in [1.82, 2.24) is 15.1 Å². The molecule has 0 spiro atoms. The standard InChI is InChI=1S/C22H25BrN4O5S/c1-24-22(30)21-18-9-17(13-3-4-13)20(26(33(2,31)32)11-16(29)12-28)10-19(18)25-27(21)15-7-5-14(23)6-8-15/h5-10,13,16,28-29H,3-4,11-12H2,1-2H3,(H,24,30). The van der Waals surface area contributed by atoms with Crippen molar-refractivity contribution in [3.05, 3.63) is 52.1 Å². The van der Waals surface area contributed by atoms with Gasteiger partial charge in [0.15, 0.2) is 0 Å². The highest BCUT2D eigenvalue weighted by Crippen LogP contribution is 2.46. The number of nitrogens with zero attached hydrogens (tertiary/aromatic N) is 3. The number of sulfonamides is 1. The Morgan fingerprint density at radius 2 is 1.97 bits per heavy atom. The zero-order valence-corrected chi connectivity index (χ0v) is 20.6. The second kappa shape index (κ2) is 9.05. The maximum atomic E-state index is 12.9. The van der Waals surface area contributed by atoms with Crippen molar-refractivity contribution in [2.45, 2.75) is 24.9 Å². The van der Waals surface area contributed by atoms with Gasteiger partial charge in [-0.3, -0.25) is 9.10 Å². The molecular formula is C22H25BrN4O5S. The van der Waals surface area contributed by atoms with Gasteiger partial charge in [-0.05, 0) is 60.7 Å². The summed E-state index contributed by atoms with van der Waals surface area (Å²) >= 11 is 3.41. The number of nitrogens with one attached hydrogen (secondary N) is 1. The molecule has 2 aromatic carbocycles. The molecule has 0 radical (unpaired) electrons. The molecule has 1 fully saturated rings. The van der Waals surface area contributed by atoms with Crippen LogP contribution in [0.1, 0.15) is 34.8 Å². The highest BCUT2D eigenvalue weighted by atomic mass is 79.9. The molecular weight excluding hydrogens is 512 g/mol. The minimum atomic E-state index is -3.76. The van der Waals surface area contributed by atoms with Crippen molar-refractivity contribution in [3.63, 3.8) is 0 Å². The van der Waals surface area contributed by atoms with Crippen molar-refractivity contribution in [2.75, 3.05) is 30.8 Å². The molecule has 3 aromatic rings. The van der Waals surface area contributed by atoms with Gasteiger partial charge in [0.05, 0.1) is 42.4 Å². The zero-order chi connectivity index (χ0) is 23.9. The molecule has 0 aliphatic heterocycles. The second-order valence-electron chi connectivity index (χ2n) is 8.15. The van der Waals surface area contributed by atoms with Gasteiger partial charge in [-0.2, -0.15) is 5.10 Å². The second-order valence-corrected chi connectivity index (χ2v) is 11.0. The quantitative estimate of drug-likeness (QED) is 0.405. The molecule has 11 heteroatoms. The lowest BCUT2D eigenvalue weighted by Crippen LogP contribution is -2.38. The topological polar surface area (TPSA) is 125 Å². The monoisotopic (exact) mass is 536 g/mol. The average Bonchev–Trinajstić information content (AvgIpc) is 3.56. The van der Waals surface area contributed by atoms with Crippen LogP contribution in [-0.2, 0) is 10.0 Å². The van der Waals surface area contributed by atoms with E-state index in [0.29, 0.717) is 28.0 Å². The number of anilines is 1. The molecule has 9 nitrogen and oxygen atoms in total. The van der Waals surface area contributed by atoms with E-state index in [1.807, 2.05) is 30.3 Å². The lowest BCUT2D eigenvalue weighted by molar-refractivity contribution is 0.0957. The van der Waals surface area contributed by atoms with Crippen LogP contribution < -0.4 is 9.62 Å². The van der Waals surface area contributed by atoms with Crippen LogP contribution in [0.3, 0.4) is 0 Å². The number of carbonyl (C=O) groups excluding carboxylic acids is 1. The third-order valence-electron chi connectivity index (χ3n) is 5.61. The Labute approximate surface area is 200 Å². The van der Waals surface area contributed by atoms with E-state index in [-0.39, 0.29) is 18.4 Å². The van der Waals surface area contributed by atoms with Gasteiger partial charge >= 0.3 is 0 Å². The van der Waals surface area contributed by atoms with Gasteiger partial charge in [0.25, 0.3) is 5.91 Å². The normalized spacial score (nSPS) is 14.9. The number of hydrogen-bond donors (Lipinski definition) is 3. The summed E-state index contributed by atoms with van der Waals surface area (Å²) in [6.07, 6.45) is 1.63. The Hall–Kier alpha value is -2.47. The zero-order valence-electron chi connectivity index (χ0n) is 18.2.